The number of aliphatic hydroxyl groups is 1. The first-order valence-electron chi connectivity index (χ1n) is 5.77. The Morgan fingerprint density at radius 3 is 2.60 bits per heavy atom. The standard InChI is InChI=1S/C11H25NO3/c1-4-5-6-14-9-11(13)7-12-15-8-10(2)3/h10-13H,4-9H2,1-3H3. The van der Waals surface area contributed by atoms with E-state index in [2.05, 4.69) is 26.3 Å². The van der Waals surface area contributed by atoms with Crippen molar-refractivity contribution in [3.8, 4) is 0 Å². The minimum atomic E-state index is -0.492. The van der Waals surface area contributed by atoms with E-state index in [4.69, 9.17) is 9.57 Å². The van der Waals surface area contributed by atoms with Crippen LogP contribution in [0.1, 0.15) is 33.6 Å². The number of nitrogens with one attached hydrogen (secondary N) is 1. The van der Waals surface area contributed by atoms with Crippen molar-refractivity contribution < 1.29 is 14.7 Å². The van der Waals surface area contributed by atoms with Crippen LogP contribution in [0, 0.1) is 5.92 Å². The van der Waals surface area contributed by atoms with Crippen molar-refractivity contribution >= 4 is 0 Å². The minimum Gasteiger partial charge on any atom is -0.389 e. The van der Waals surface area contributed by atoms with E-state index in [-0.39, 0.29) is 0 Å². The minimum absolute atomic E-state index is 0.373. The molecule has 0 rings (SSSR count). The second-order valence-electron chi connectivity index (χ2n) is 4.14. The molecule has 0 aliphatic heterocycles. The van der Waals surface area contributed by atoms with Gasteiger partial charge in [-0.25, -0.2) is 0 Å². The average molecular weight is 219 g/mol. The summed E-state index contributed by atoms with van der Waals surface area (Å²) in [5, 5.41) is 9.45. The summed E-state index contributed by atoms with van der Waals surface area (Å²) in [7, 11) is 0. The first kappa shape index (κ1) is 14.8. The van der Waals surface area contributed by atoms with Gasteiger partial charge in [0, 0.05) is 13.2 Å². The van der Waals surface area contributed by atoms with Gasteiger partial charge in [-0.05, 0) is 12.3 Å². The van der Waals surface area contributed by atoms with Gasteiger partial charge in [-0.3, -0.25) is 0 Å². The highest BCUT2D eigenvalue weighted by Gasteiger charge is 2.03. The lowest BCUT2D eigenvalue weighted by atomic mass is 10.2. The Labute approximate surface area is 92.9 Å². The molecule has 0 amide bonds. The SMILES string of the molecule is CCCCOCC(O)CNOCC(C)C. The Balaban J connectivity index is 3.15. The monoisotopic (exact) mass is 219 g/mol. The van der Waals surface area contributed by atoms with Crippen molar-refractivity contribution in [1.82, 2.24) is 5.48 Å². The maximum atomic E-state index is 9.45. The van der Waals surface area contributed by atoms with Crippen molar-refractivity contribution in [3.63, 3.8) is 0 Å². The van der Waals surface area contributed by atoms with E-state index in [1.165, 1.54) is 0 Å². The molecule has 0 aromatic rings. The molecule has 0 saturated carbocycles. The van der Waals surface area contributed by atoms with Gasteiger partial charge in [0.15, 0.2) is 0 Å². The number of unbranched alkanes of at least 4 members (excludes halogenated alkanes) is 1. The first-order chi connectivity index (χ1) is 7.16. The molecule has 0 aliphatic carbocycles. The highest BCUT2D eigenvalue weighted by Crippen LogP contribution is 1.92. The Bertz CT molecular complexity index is 131. The van der Waals surface area contributed by atoms with E-state index < -0.39 is 6.10 Å². The van der Waals surface area contributed by atoms with Crippen LogP contribution in [0.15, 0.2) is 0 Å². The van der Waals surface area contributed by atoms with Crippen molar-refractivity contribution in [1.29, 1.82) is 0 Å². The summed E-state index contributed by atoms with van der Waals surface area (Å²) in [5.41, 5.74) is 2.73. The van der Waals surface area contributed by atoms with Crippen LogP contribution in [0.5, 0.6) is 0 Å². The van der Waals surface area contributed by atoms with Crippen LogP contribution in [0.3, 0.4) is 0 Å². The number of ether oxygens (including phenoxy) is 1. The zero-order chi connectivity index (χ0) is 11.5. The fourth-order valence-corrected chi connectivity index (χ4v) is 0.905. The second kappa shape index (κ2) is 10.4. The summed E-state index contributed by atoms with van der Waals surface area (Å²) in [6.45, 7) is 8.43. The van der Waals surface area contributed by atoms with Gasteiger partial charge in [0.2, 0.25) is 0 Å². The smallest absolute Gasteiger partial charge is 0.0920 e. The highest BCUT2D eigenvalue weighted by atomic mass is 16.6. The summed E-state index contributed by atoms with van der Waals surface area (Å²) in [6, 6.07) is 0. The van der Waals surface area contributed by atoms with Crippen LogP contribution >= 0.6 is 0 Å². The van der Waals surface area contributed by atoms with E-state index >= 15 is 0 Å². The Morgan fingerprint density at radius 1 is 1.27 bits per heavy atom. The summed E-state index contributed by atoms with van der Waals surface area (Å²) in [4.78, 5) is 5.13. The van der Waals surface area contributed by atoms with Crippen LogP contribution in [-0.4, -0.2) is 37.6 Å². The zero-order valence-electron chi connectivity index (χ0n) is 10.2. The zero-order valence-corrected chi connectivity index (χ0v) is 10.2. The summed E-state index contributed by atoms with van der Waals surface area (Å²) in [6.07, 6.45) is 1.67. The fraction of sp³-hybridized carbons (Fsp3) is 1.00. The van der Waals surface area contributed by atoms with Gasteiger partial charge in [-0.1, -0.05) is 27.2 Å². The summed E-state index contributed by atoms with van der Waals surface area (Å²) < 4.78 is 5.27. The average Bonchev–Trinajstić information content (AvgIpc) is 2.19. The number of hydrogen-bond donors (Lipinski definition) is 2. The third kappa shape index (κ3) is 11.8. The van der Waals surface area contributed by atoms with E-state index in [0.29, 0.717) is 25.7 Å². The molecule has 0 aliphatic rings. The maximum absolute atomic E-state index is 9.45. The van der Waals surface area contributed by atoms with Crippen molar-refractivity contribution in [2.24, 2.45) is 5.92 Å². The van der Waals surface area contributed by atoms with E-state index in [9.17, 15) is 5.11 Å². The molecular formula is C11H25NO3. The van der Waals surface area contributed by atoms with Crippen LogP contribution in [0.4, 0.5) is 0 Å². The molecule has 0 heterocycles. The van der Waals surface area contributed by atoms with Crippen molar-refractivity contribution in [2.45, 2.75) is 39.7 Å². The quantitative estimate of drug-likeness (QED) is 0.430. The Hall–Kier alpha value is -0.160. The predicted octanol–water partition coefficient (Wildman–Crippen LogP) is 1.34. The lowest BCUT2D eigenvalue weighted by Crippen LogP contribution is -2.31. The molecule has 2 N–H and O–H groups in total. The number of aliphatic hydroxyl groups excluding tert-OH is 1. The lowest BCUT2D eigenvalue weighted by molar-refractivity contribution is -0.0228. The molecule has 1 atom stereocenters. The molecule has 4 heteroatoms. The van der Waals surface area contributed by atoms with Gasteiger partial charge in [-0.2, -0.15) is 5.48 Å². The van der Waals surface area contributed by atoms with Gasteiger partial charge in [-0.15, -0.1) is 0 Å². The highest BCUT2D eigenvalue weighted by molar-refractivity contribution is 4.53. The molecule has 0 aromatic heterocycles. The van der Waals surface area contributed by atoms with Gasteiger partial charge in [0.05, 0.1) is 19.3 Å². The molecule has 0 fully saturated rings. The van der Waals surface area contributed by atoms with E-state index in [0.717, 1.165) is 19.4 Å². The number of rotatable bonds is 10. The van der Waals surface area contributed by atoms with Gasteiger partial charge in [0.1, 0.15) is 0 Å². The van der Waals surface area contributed by atoms with Crippen LogP contribution < -0.4 is 5.48 Å². The Kier molecular flexibility index (Phi) is 10.3. The van der Waals surface area contributed by atoms with Gasteiger partial charge >= 0.3 is 0 Å². The Morgan fingerprint density at radius 2 is 2.00 bits per heavy atom. The molecule has 0 radical (unpaired) electrons. The molecule has 4 nitrogen and oxygen atoms in total. The predicted molar refractivity (Wildman–Crippen MR) is 60.5 cm³/mol. The van der Waals surface area contributed by atoms with Crippen molar-refractivity contribution in [2.75, 3.05) is 26.4 Å². The number of hydroxylamine groups is 1. The van der Waals surface area contributed by atoms with E-state index in [1.807, 2.05) is 0 Å². The van der Waals surface area contributed by atoms with E-state index in [1.54, 1.807) is 0 Å². The van der Waals surface area contributed by atoms with Crippen LogP contribution in [-0.2, 0) is 9.57 Å². The normalized spacial score (nSPS) is 13.4. The molecule has 0 bridgehead atoms. The maximum Gasteiger partial charge on any atom is 0.0920 e. The topological polar surface area (TPSA) is 50.7 Å². The molecule has 0 aromatic carbocycles. The molecule has 0 spiro atoms. The molecule has 92 valence electrons. The lowest BCUT2D eigenvalue weighted by Gasteiger charge is -2.13. The van der Waals surface area contributed by atoms with Gasteiger partial charge < -0.3 is 14.7 Å². The number of hydrogen-bond acceptors (Lipinski definition) is 4. The third-order valence-electron chi connectivity index (χ3n) is 1.79. The van der Waals surface area contributed by atoms with Crippen LogP contribution in [0.2, 0.25) is 0 Å². The summed E-state index contributed by atoms with van der Waals surface area (Å²) in [5.74, 6) is 0.496. The molecular weight excluding hydrogens is 194 g/mol. The van der Waals surface area contributed by atoms with Gasteiger partial charge in [0.25, 0.3) is 0 Å². The van der Waals surface area contributed by atoms with Crippen molar-refractivity contribution in [3.05, 3.63) is 0 Å². The third-order valence-corrected chi connectivity index (χ3v) is 1.79. The molecule has 0 saturated heterocycles. The molecule has 15 heavy (non-hydrogen) atoms. The summed E-state index contributed by atoms with van der Waals surface area (Å²) >= 11 is 0. The second-order valence-corrected chi connectivity index (χ2v) is 4.14. The largest absolute Gasteiger partial charge is 0.389 e. The first-order valence-corrected chi connectivity index (χ1v) is 5.77. The fourth-order valence-electron chi connectivity index (χ4n) is 0.905. The van der Waals surface area contributed by atoms with Crippen LogP contribution in [0.25, 0.3) is 0 Å². The molecule has 1 unspecified atom stereocenters.